The number of thiophene rings is 1. The van der Waals surface area contributed by atoms with E-state index in [1.54, 1.807) is 17.4 Å². The normalized spacial score (nSPS) is 14.7. The third-order valence-electron chi connectivity index (χ3n) is 3.87. The summed E-state index contributed by atoms with van der Waals surface area (Å²) in [5.41, 5.74) is 0.343. The summed E-state index contributed by atoms with van der Waals surface area (Å²) in [6, 6.07) is 7.77. The summed E-state index contributed by atoms with van der Waals surface area (Å²) in [5, 5.41) is 3.40. The van der Waals surface area contributed by atoms with Crippen molar-refractivity contribution in [2.24, 2.45) is 0 Å². The minimum Gasteiger partial charge on any atom is -0.480 e. The molecule has 2 aromatic heterocycles. The molecule has 0 radical (unpaired) electrons. The molecule has 23 heavy (non-hydrogen) atoms. The Balaban J connectivity index is 1.72. The molecule has 122 valence electrons. The predicted octanol–water partition coefficient (Wildman–Crippen LogP) is 2.26. The van der Waals surface area contributed by atoms with Gasteiger partial charge < -0.3 is 19.3 Å². The maximum Gasteiger partial charge on any atom is 0.343 e. The van der Waals surface area contributed by atoms with Crippen LogP contribution in [0.15, 0.2) is 29.6 Å². The lowest BCUT2D eigenvalue weighted by atomic mass is 10.2. The molecule has 0 unspecified atom stereocenters. The molecule has 3 rings (SSSR count). The standard InChI is InChI=1S/C16H19N3O3S/c1-21-15-12(16(20)22-2)5-6-13(17-15)18-7-9-19(10-8-18)14-4-3-11-23-14/h3-6,11H,7-10H2,1-2H3. The number of esters is 1. The third-order valence-corrected chi connectivity index (χ3v) is 4.79. The number of ether oxygens (including phenoxy) is 2. The van der Waals surface area contributed by atoms with Crippen LogP contribution in [0, 0.1) is 0 Å². The summed E-state index contributed by atoms with van der Waals surface area (Å²) in [4.78, 5) is 20.7. The number of hydrogen-bond donors (Lipinski definition) is 0. The fourth-order valence-electron chi connectivity index (χ4n) is 2.63. The van der Waals surface area contributed by atoms with Crippen molar-refractivity contribution >= 4 is 28.1 Å². The molecule has 3 heterocycles. The Labute approximate surface area is 139 Å². The topological polar surface area (TPSA) is 54.9 Å². The second-order valence-corrected chi connectivity index (χ2v) is 6.07. The zero-order valence-electron chi connectivity index (χ0n) is 13.2. The first kappa shape index (κ1) is 15.6. The highest BCUT2D eigenvalue weighted by Gasteiger charge is 2.21. The highest BCUT2D eigenvalue weighted by atomic mass is 32.1. The fourth-order valence-corrected chi connectivity index (χ4v) is 3.42. The van der Waals surface area contributed by atoms with Crippen molar-refractivity contribution in [3.63, 3.8) is 0 Å². The van der Waals surface area contributed by atoms with Gasteiger partial charge in [-0.15, -0.1) is 11.3 Å². The number of methoxy groups -OCH3 is 2. The van der Waals surface area contributed by atoms with Gasteiger partial charge in [-0.1, -0.05) is 0 Å². The van der Waals surface area contributed by atoms with Crippen LogP contribution in [0.3, 0.4) is 0 Å². The van der Waals surface area contributed by atoms with Crippen LogP contribution in [0.25, 0.3) is 0 Å². The first-order chi connectivity index (χ1) is 11.2. The quantitative estimate of drug-likeness (QED) is 0.800. The van der Waals surface area contributed by atoms with Gasteiger partial charge in [-0.2, -0.15) is 4.98 Å². The molecular weight excluding hydrogens is 314 g/mol. The van der Waals surface area contributed by atoms with Crippen molar-refractivity contribution in [1.82, 2.24) is 4.98 Å². The number of carbonyl (C=O) groups is 1. The molecule has 0 aliphatic carbocycles. The molecule has 1 fully saturated rings. The van der Waals surface area contributed by atoms with Gasteiger partial charge in [0.25, 0.3) is 0 Å². The van der Waals surface area contributed by atoms with Crippen LogP contribution in [0.2, 0.25) is 0 Å². The Morgan fingerprint density at radius 3 is 2.48 bits per heavy atom. The van der Waals surface area contributed by atoms with Crippen molar-refractivity contribution in [3.05, 3.63) is 35.2 Å². The molecule has 0 atom stereocenters. The first-order valence-corrected chi connectivity index (χ1v) is 8.27. The second kappa shape index (κ2) is 6.87. The van der Waals surface area contributed by atoms with Crippen LogP contribution in [0.1, 0.15) is 10.4 Å². The van der Waals surface area contributed by atoms with Crippen molar-refractivity contribution < 1.29 is 14.3 Å². The Hall–Kier alpha value is -2.28. The molecule has 6 nitrogen and oxygen atoms in total. The third kappa shape index (κ3) is 3.24. The van der Waals surface area contributed by atoms with E-state index in [9.17, 15) is 4.79 Å². The van der Waals surface area contributed by atoms with Gasteiger partial charge in [0.1, 0.15) is 11.4 Å². The summed E-state index contributed by atoms with van der Waals surface area (Å²) in [5.74, 6) is 0.679. The molecule has 0 N–H and O–H groups in total. The van der Waals surface area contributed by atoms with E-state index in [4.69, 9.17) is 9.47 Å². The summed E-state index contributed by atoms with van der Waals surface area (Å²) >= 11 is 1.76. The van der Waals surface area contributed by atoms with E-state index in [1.807, 2.05) is 6.07 Å². The lowest BCUT2D eigenvalue weighted by Crippen LogP contribution is -2.46. The minimum atomic E-state index is -0.441. The van der Waals surface area contributed by atoms with Crippen LogP contribution in [0.5, 0.6) is 5.88 Å². The molecule has 2 aromatic rings. The van der Waals surface area contributed by atoms with Crippen LogP contribution >= 0.6 is 11.3 Å². The van der Waals surface area contributed by atoms with Crippen molar-refractivity contribution in [2.75, 3.05) is 50.2 Å². The van der Waals surface area contributed by atoms with Gasteiger partial charge in [0.2, 0.25) is 5.88 Å². The van der Waals surface area contributed by atoms with Gasteiger partial charge in [-0.25, -0.2) is 4.79 Å². The van der Waals surface area contributed by atoms with Gasteiger partial charge in [0.15, 0.2) is 0 Å². The molecule has 0 aromatic carbocycles. The molecule has 0 amide bonds. The summed E-state index contributed by atoms with van der Waals surface area (Å²) in [7, 11) is 2.85. The van der Waals surface area contributed by atoms with E-state index in [1.165, 1.54) is 19.2 Å². The zero-order chi connectivity index (χ0) is 16.2. The van der Waals surface area contributed by atoms with Gasteiger partial charge in [-0.05, 0) is 29.6 Å². The van der Waals surface area contributed by atoms with Crippen molar-refractivity contribution in [3.8, 4) is 5.88 Å². The number of hydrogen-bond acceptors (Lipinski definition) is 7. The van der Waals surface area contributed by atoms with Crippen LogP contribution in [-0.4, -0.2) is 51.4 Å². The first-order valence-electron chi connectivity index (χ1n) is 7.39. The second-order valence-electron chi connectivity index (χ2n) is 5.14. The van der Waals surface area contributed by atoms with Gasteiger partial charge >= 0.3 is 5.97 Å². The minimum absolute atomic E-state index is 0.301. The SMILES string of the molecule is COC(=O)c1ccc(N2CCN(c3cccs3)CC2)nc1OC. The van der Waals surface area contributed by atoms with E-state index in [0.29, 0.717) is 11.4 Å². The molecule has 1 aliphatic rings. The Bertz CT molecular complexity index is 667. The molecule has 0 saturated carbocycles. The average Bonchev–Trinajstić information content (AvgIpc) is 3.15. The van der Waals surface area contributed by atoms with E-state index >= 15 is 0 Å². The molecule has 1 aliphatic heterocycles. The van der Waals surface area contributed by atoms with E-state index in [-0.39, 0.29) is 0 Å². The van der Waals surface area contributed by atoms with Crippen LogP contribution in [-0.2, 0) is 4.74 Å². The van der Waals surface area contributed by atoms with Crippen molar-refractivity contribution in [2.45, 2.75) is 0 Å². The van der Waals surface area contributed by atoms with E-state index in [2.05, 4.69) is 32.3 Å². The lowest BCUT2D eigenvalue weighted by molar-refractivity contribution is 0.0596. The summed E-state index contributed by atoms with van der Waals surface area (Å²) in [6.07, 6.45) is 0. The number of piperazine rings is 1. The number of aromatic nitrogens is 1. The fraction of sp³-hybridized carbons (Fsp3) is 0.375. The molecule has 7 heteroatoms. The maximum atomic E-state index is 11.7. The molecular formula is C16H19N3O3S. The van der Waals surface area contributed by atoms with Gasteiger partial charge in [0.05, 0.1) is 19.2 Å². The Morgan fingerprint density at radius 1 is 1.13 bits per heavy atom. The summed E-state index contributed by atoms with van der Waals surface area (Å²) < 4.78 is 9.97. The largest absolute Gasteiger partial charge is 0.480 e. The van der Waals surface area contributed by atoms with E-state index < -0.39 is 5.97 Å². The molecule has 0 bridgehead atoms. The van der Waals surface area contributed by atoms with Crippen LogP contribution < -0.4 is 14.5 Å². The highest BCUT2D eigenvalue weighted by molar-refractivity contribution is 7.14. The summed E-state index contributed by atoms with van der Waals surface area (Å²) in [6.45, 7) is 3.66. The Morgan fingerprint density at radius 2 is 1.87 bits per heavy atom. The molecule has 1 saturated heterocycles. The van der Waals surface area contributed by atoms with Gasteiger partial charge in [0, 0.05) is 26.2 Å². The predicted molar refractivity (Wildman–Crippen MR) is 90.9 cm³/mol. The monoisotopic (exact) mass is 333 g/mol. The highest BCUT2D eigenvalue weighted by Crippen LogP contribution is 2.26. The van der Waals surface area contributed by atoms with E-state index in [0.717, 1.165) is 32.0 Å². The number of carbonyl (C=O) groups excluding carboxylic acids is 1. The van der Waals surface area contributed by atoms with Gasteiger partial charge in [-0.3, -0.25) is 0 Å². The number of pyridine rings is 1. The number of nitrogens with zero attached hydrogens (tertiary/aromatic N) is 3. The number of anilines is 2. The maximum absolute atomic E-state index is 11.7. The van der Waals surface area contributed by atoms with Crippen molar-refractivity contribution in [1.29, 1.82) is 0 Å². The molecule has 0 spiro atoms. The zero-order valence-corrected chi connectivity index (χ0v) is 14.0. The van der Waals surface area contributed by atoms with Crippen LogP contribution in [0.4, 0.5) is 10.8 Å². The Kier molecular flexibility index (Phi) is 4.66. The lowest BCUT2D eigenvalue weighted by Gasteiger charge is -2.36. The average molecular weight is 333 g/mol. The number of rotatable bonds is 4. The smallest absolute Gasteiger partial charge is 0.343 e.